The molecular weight excluding hydrogens is 349 g/mol. The van der Waals surface area contributed by atoms with Crippen LogP contribution in [-0.4, -0.2) is 68.4 Å². The fraction of sp³-hybridized carbons (Fsp3) is 0.882. The number of carbonyl (C=O) groups is 1. The number of rotatable bonds is 7. The monoisotopic (exact) mass is 378 g/mol. The van der Waals surface area contributed by atoms with Gasteiger partial charge in [0, 0.05) is 39.1 Å². The van der Waals surface area contributed by atoms with E-state index in [-0.39, 0.29) is 18.1 Å². The molecule has 1 heterocycles. The molecule has 0 aromatic rings. The summed E-state index contributed by atoms with van der Waals surface area (Å²) in [7, 11) is 1.62. The van der Waals surface area contributed by atoms with Gasteiger partial charge in [0.15, 0.2) is 5.96 Å². The number of guanidine groups is 1. The molecule has 1 unspecified atom stereocenters. The zero-order valence-corrected chi connectivity index (χ0v) is 15.3. The lowest BCUT2D eigenvalue weighted by Crippen LogP contribution is -2.45. The van der Waals surface area contributed by atoms with Crippen LogP contribution >= 0.6 is 0 Å². The van der Waals surface area contributed by atoms with E-state index in [0.717, 1.165) is 25.7 Å². The Bertz CT molecular complexity index is 479. The van der Waals surface area contributed by atoms with E-state index >= 15 is 0 Å². The fourth-order valence-corrected chi connectivity index (χ4v) is 3.43. The molecule has 1 atom stereocenters. The average molecular weight is 378 g/mol. The predicted octanol–water partition coefficient (Wildman–Crippen LogP) is 2.05. The maximum atomic E-state index is 12.4. The number of hydrogen-bond acceptors (Lipinski definition) is 4. The molecule has 1 aliphatic heterocycles. The van der Waals surface area contributed by atoms with E-state index in [4.69, 9.17) is 4.74 Å². The van der Waals surface area contributed by atoms with Gasteiger partial charge in [-0.3, -0.25) is 14.7 Å². The van der Waals surface area contributed by atoms with E-state index in [1.54, 1.807) is 7.05 Å². The molecule has 6 nitrogen and oxygen atoms in total. The van der Waals surface area contributed by atoms with Gasteiger partial charge in [0.1, 0.15) is 6.10 Å². The number of aliphatic imine (C=N–C) groups is 1. The lowest BCUT2D eigenvalue weighted by molar-refractivity contribution is -0.148. The normalized spacial score (nSPS) is 22.6. The summed E-state index contributed by atoms with van der Waals surface area (Å²) >= 11 is 0. The molecule has 0 amide bonds. The molecule has 0 radical (unpaired) electrons. The van der Waals surface area contributed by atoms with Crippen molar-refractivity contribution in [3.63, 3.8) is 0 Å². The smallest absolute Gasteiger partial charge is 0.401 e. The second kappa shape index (κ2) is 9.99. The lowest BCUT2D eigenvalue weighted by atomic mass is 10.2. The molecule has 0 aromatic heterocycles. The maximum Gasteiger partial charge on any atom is 0.401 e. The third kappa shape index (κ3) is 7.80. The Balaban J connectivity index is 1.58. The molecule has 0 spiro atoms. The van der Waals surface area contributed by atoms with Crippen molar-refractivity contribution in [1.82, 2.24) is 15.5 Å². The van der Waals surface area contributed by atoms with Crippen molar-refractivity contribution in [2.24, 2.45) is 4.99 Å². The standard InChI is InChI=1S/C17H29F3N4O2/c1-21-16(23-13-8-10-24(11-13)12-17(18,19)20)22-9-4-7-15(25)26-14-5-2-3-6-14/h13-14H,2-12H2,1H3,(H2,21,22,23). The summed E-state index contributed by atoms with van der Waals surface area (Å²) in [5.74, 6) is 0.383. The van der Waals surface area contributed by atoms with Crippen LogP contribution < -0.4 is 10.6 Å². The van der Waals surface area contributed by atoms with Crippen molar-refractivity contribution in [2.45, 2.75) is 63.3 Å². The molecule has 150 valence electrons. The number of nitrogens with one attached hydrogen (secondary N) is 2. The van der Waals surface area contributed by atoms with Gasteiger partial charge in [-0.05, 0) is 38.5 Å². The molecule has 1 aliphatic carbocycles. The molecule has 9 heteroatoms. The molecule has 1 saturated carbocycles. The first-order valence-corrected chi connectivity index (χ1v) is 9.31. The highest BCUT2D eigenvalue weighted by Gasteiger charge is 2.34. The molecule has 2 rings (SSSR count). The van der Waals surface area contributed by atoms with Gasteiger partial charge in [-0.1, -0.05) is 0 Å². The van der Waals surface area contributed by atoms with E-state index in [1.807, 2.05) is 0 Å². The van der Waals surface area contributed by atoms with E-state index in [1.165, 1.54) is 4.90 Å². The van der Waals surface area contributed by atoms with Gasteiger partial charge in [-0.15, -0.1) is 0 Å². The minimum Gasteiger partial charge on any atom is -0.462 e. The van der Waals surface area contributed by atoms with Crippen LogP contribution in [0.5, 0.6) is 0 Å². The van der Waals surface area contributed by atoms with Crippen LogP contribution in [0.25, 0.3) is 0 Å². The van der Waals surface area contributed by atoms with Gasteiger partial charge in [-0.2, -0.15) is 13.2 Å². The topological polar surface area (TPSA) is 66.0 Å². The van der Waals surface area contributed by atoms with E-state index in [2.05, 4.69) is 15.6 Å². The van der Waals surface area contributed by atoms with Crippen molar-refractivity contribution >= 4 is 11.9 Å². The number of hydrogen-bond donors (Lipinski definition) is 2. The Hall–Kier alpha value is -1.51. The van der Waals surface area contributed by atoms with Gasteiger partial charge >= 0.3 is 12.1 Å². The van der Waals surface area contributed by atoms with Crippen molar-refractivity contribution in [3.05, 3.63) is 0 Å². The summed E-state index contributed by atoms with van der Waals surface area (Å²) in [5, 5.41) is 6.24. The highest BCUT2D eigenvalue weighted by atomic mass is 19.4. The predicted molar refractivity (Wildman–Crippen MR) is 93.0 cm³/mol. The highest BCUT2D eigenvalue weighted by molar-refractivity contribution is 5.80. The van der Waals surface area contributed by atoms with Crippen molar-refractivity contribution < 1.29 is 22.7 Å². The van der Waals surface area contributed by atoms with Crippen LogP contribution in [0.2, 0.25) is 0 Å². The molecule has 2 aliphatic rings. The van der Waals surface area contributed by atoms with Crippen LogP contribution in [0, 0.1) is 0 Å². The van der Waals surface area contributed by atoms with E-state index in [0.29, 0.717) is 44.9 Å². The lowest BCUT2D eigenvalue weighted by Gasteiger charge is -2.19. The van der Waals surface area contributed by atoms with E-state index < -0.39 is 12.7 Å². The van der Waals surface area contributed by atoms with Crippen LogP contribution in [-0.2, 0) is 9.53 Å². The average Bonchev–Trinajstić information content (AvgIpc) is 3.20. The summed E-state index contributed by atoms with van der Waals surface area (Å²) < 4.78 is 42.7. The largest absolute Gasteiger partial charge is 0.462 e. The Morgan fingerprint density at radius 1 is 1.27 bits per heavy atom. The summed E-state index contributed by atoms with van der Waals surface area (Å²) in [4.78, 5) is 17.2. The fourth-order valence-electron chi connectivity index (χ4n) is 3.43. The molecular formula is C17H29F3N4O2. The van der Waals surface area contributed by atoms with Crippen molar-refractivity contribution in [2.75, 3.05) is 33.2 Å². The second-order valence-electron chi connectivity index (χ2n) is 6.98. The van der Waals surface area contributed by atoms with Crippen molar-refractivity contribution in [1.29, 1.82) is 0 Å². The number of carbonyl (C=O) groups excluding carboxylic acids is 1. The molecule has 1 saturated heterocycles. The summed E-state index contributed by atoms with van der Waals surface area (Å²) in [6.45, 7) is 0.438. The number of likely N-dealkylation sites (tertiary alicyclic amines) is 1. The number of halogens is 3. The van der Waals surface area contributed by atoms with Gasteiger partial charge in [-0.25, -0.2) is 0 Å². The Labute approximate surface area is 152 Å². The molecule has 0 bridgehead atoms. The molecule has 0 aromatic carbocycles. The zero-order valence-electron chi connectivity index (χ0n) is 15.3. The third-order valence-corrected chi connectivity index (χ3v) is 4.69. The van der Waals surface area contributed by atoms with Gasteiger partial charge < -0.3 is 15.4 Å². The first-order chi connectivity index (χ1) is 12.4. The molecule has 2 N–H and O–H groups in total. The van der Waals surface area contributed by atoms with E-state index in [9.17, 15) is 18.0 Å². The highest BCUT2D eigenvalue weighted by Crippen LogP contribution is 2.21. The van der Waals surface area contributed by atoms with Gasteiger partial charge in [0.25, 0.3) is 0 Å². The van der Waals surface area contributed by atoms with Crippen LogP contribution in [0.1, 0.15) is 44.9 Å². The zero-order chi connectivity index (χ0) is 19.0. The summed E-state index contributed by atoms with van der Waals surface area (Å²) in [5.41, 5.74) is 0. The quantitative estimate of drug-likeness (QED) is 0.307. The number of nitrogens with zero attached hydrogens (tertiary/aromatic N) is 2. The molecule has 2 fully saturated rings. The summed E-state index contributed by atoms with van der Waals surface area (Å²) in [6, 6.07) is -0.0594. The molecule has 26 heavy (non-hydrogen) atoms. The van der Waals surface area contributed by atoms with Gasteiger partial charge in [0.05, 0.1) is 6.54 Å². The van der Waals surface area contributed by atoms with Crippen LogP contribution in [0.15, 0.2) is 4.99 Å². The maximum absolute atomic E-state index is 12.4. The third-order valence-electron chi connectivity index (χ3n) is 4.69. The first kappa shape index (κ1) is 20.8. The number of alkyl halides is 3. The first-order valence-electron chi connectivity index (χ1n) is 9.31. The van der Waals surface area contributed by atoms with Crippen molar-refractivity contribution in [3.8, 4) is 0 Å². The van der Waals surface area contributed by atoms with Crippen LogP contribution in [0.4, 0.5) is 13.2 Å². The minimum absolute atomic E-state index is 0.0594. The number of esters is 1. The Morgan fingerprint density at radius 3 is 2.65 bits per heavy atom. The van der Waals surface area contributed by atoms with Crippen LogP contribution in [0.3, 0.4) is 0 Å². The SMILES string of the molecule is CN=C(NCCCC(=O)OC1CCCC1)NC1CCN(CC(F)(F)F)C1. The number of ether oxygens (including phenoxy) is 1. The minimum atomic E-state index is -4.16. The Kier molecular flexibility index (Phi) is 7.99. The Morgan fingerprint density at radius 2 is 2.00 bits per heavy atom. The second-order valence-corrected chi connectivity index (χ2v) is 6.98. The summed E-state index contributed by atoms with van der Waals surface area (Å²) in [6.07, 6.45) is 1.73. The van der Waals surface area contributed by atoms with Gasteiger partial charge in [0.2, 0.25) is 0 Å².